The van der Waals surface area contributed by atoms with Crippen LogP contribution in [0.5, 0.6) is 0 Å². The second kappa shape index (κ2) is 9.06. The molecule has 0 aromatic heterocycles. The summed E-state index contributed by atoms with van der Waals surface area (Å²) in [5.41, 5.74) is 3.39. The molecule has 3 fully saturated rings. The quantitative estimate of drug-likeness (QED) is 0.262. The molecule has 0 saturated heterocycles. The molecule has 0 aromatic carbocycles. The van der Waals surface area contributed by atoms with Crippen molar-refractivity contribution >= 4 is 5.91 Å². The molecule has 4 nitrogen and oxygen atoms in total. The Morgan fingerprint density at radius 3 is 2.59 bits per heavy atom. The average Bonchev–Trinajstić information content (AvgIpc) is 3.10. The monoisotopic (exact) mass is 445 g/mol. The fourth-order valence-electron chi connectivity index (χ4n) is 9.22. The summed E-state index contributed by atoms with van der Waals surface area (Å²) < 4.78 is 0. The SMILES string of the molecule is CC(C)CCC[C@@H](C)[C@H]1CC[C@H]2[C@@H]3CC=C4C[C@@H](O)CC(C(=O)NO)[C@@]4(C)[C@H]3CC[C@]12C. The van der Waals surface area contributed by atoms with Gasteiger partial charge in [-0.15, -0.1) is 0 Å². The third-order valence-corrected chi connectivity index (χ3v) is 10.9. The molecule has 3 N–H and O–H groups in total. The lowest BCUT2D eigenvalue weighted by Gasteiger charge is -2.60. The maximum absolute atomic E-state index is 12.7. The first-order chi connectivity index (χ1) is 15.1. The molecule has 4 aliphatic carbocycles. The Bertz CT molecular complexity index is 732. The number of rotatable bonds is 6. The summed E-state index contributed by atoms with van der Waals surface area (Å²) in [5, 5.41) is 19.9. The fraction of sp³-hybridized carbons (Fsp3) is 0.893. The first kappa shape index (κ1) is 24.3. The summed E-state index contributed by atoms with van der Waals surface area (Å²) in [6, 6.07) is 0. The van der Waals surface area contributed by atoms with Gasteiger partial charge in [-0.3, -0.25) is 10.0 Å². The topological polar surface area (TPSA) is 69.6 Å². The third-order valence-electron chi connectivity index (χ3n) is 10.9. The molecule has 182 valence electrons. The smallest absolute Gasteiger partial charge is 0.247 e. The van der Waals surface area contributed by atoms with Crippen molar-refractivity contribution in [3.05, 3.63) is 11.6 Å². The zero-order chi connectivity index (χ0) is 23.3. The van der Waals surface area contributed by atoms with Crippen LogP contribution in [0.1, 0.15) is 98.8 Å². The van der Waals surface area contributed by atoms with Gasteiger partial charge in [-0.1, -0.05) is 65.5 Å². The van der Waals surface area contributed by atoms with Gasteiger partial charge >= 0.3 is 0 Å². The van der Waals surface area contributed by atoms with Gasteiger partial charge in [0.1, 0.15) is 0 Å². The van der Waals surface area contributed by atoms with E-state index in [-0.39, 0.29) is 17.2 Å². The van der Waals surface area contributed by atoms with E-state index in [2.05, 4.69) is 40.7 Å². The minimum Gasteiger partial charge on any atom is -0.393 e. The maximum Gasteiger partial charge on any atom is 0.247 e. The third kappa shape index (κ3) is 3.87. The number of aliphatic hydroxyl groups is 1. The van der Waals surface area contributed by atoms with Crippen molar-refractivity contribution < 1.29 is 15.1 Å². The molecule has 9 atom stereocenters. The number of fused-ring (bicyclic) bond motifs is 5. The van der Waals surface area contributed by atoms with Crippen LogP contribution in [0, 0.1) is 52.3 Å². The number of hydrogen-bond donors (Lipinski definition) is 3. The van der Waals surface area contributed by atoms with Crippen LogP contribution in [0.3, 0.4) is 0 Å². The van der Waals surface area contributed by atoms with Gasteiger partial charge in [0, 0.05) is 5.41 Å². The second-order valence-corrected chi connectivity index (χ2v) is 12.8. The Hall–Kier alpha value is -0.870. The summed E-state index contributed by atoms with van der Waals surface area (Å²) in [6.45, 7) is 12.0. The summed E-state index contributed by atoms with van der Waals surface area (Å²) >= 11 is 0. The highest BCUT2D eigenvalue weighted by Gasteiger charge is 2.61. The summed E-state index contributed by atoms with van der Waals surface area (Å²) in [6.07, 6.45) is 13.3. The van der Waals surface area contributed by atoms with Gasteiger partial charge in [0.25, 0.3) is 0 Å². The van der Waals surface area contributed by atoms with E-state index < -0.39 is 6.10 Å². The molecular weight excluding hydrogens is 398 g/mol. The first-order valence-electron chi connectivity index (χ1n) is 13.4. The number of carbonyl (C=O) groups is 1. The number of nitrogens with one attached hydrogen (secondary N) is 1. The van der Waals surface area contributed by atoms with E-state index in [0.717, 1.165) is 30.1 Å². The Morgan fingerprint density at radius 2 is 1.91 bits per heavy atom. The molecule has 0 aliphatic heterocycles. The predicted octanol–water partition coefficient (Wildman–Crippen LogP) is 6.12. The van der Waals surface area contributed by atoms with Crippen LogP contribution in [-0.2, 0) is 4.79 Å². The number of carbonyl (C=O) groups excluding carboxylic acids is 1. The molecule has 32 heavy (non-hydrogen) atoms. The summed E-state index contributed by atoms with van der Waals surface area (Å²) in [5.74, 6) is 3.60. The highest BCUT2D eigenvalue weighted by atomic mass is 16.5. The second-order valence-electron chi connectivity index (χ2n) is 12.8. The van der Waals surface area contributed by atoms with Crippen molar-refractivity contribution in [3.63, 3.8) is 0 Å². The molecule has 0 heterocycles. The van der Waals surface area contributed by atoms with E-state index in [1.807, 2.05) is 5.48 Å². The molecule has 4 aliphatic rings. The van der Waals surface area contributed by atoms with E-state index in [1.165, 1.54) is 50.5 Å². The lowest BCUT2D eigenvalue weighted by Crippen LogP contribution is -2.56. The predicted molar refractivity (Wildman–Crippen MR) is 128 cm³/mol. The van der Waals surface area contributed by atoms with Crippen molar-refractivity contribution in [3.8, 4) is 0 Å². The molecule has 3 saturated carbocycles. The van der Waals surface area contributed by atoms with Gasteiger partial charge < -0.3 is 5.11 Å². The Morgan fingerprint density at radius 1 is 1.16 bits per heavy atom. The van der Waals surface area contributed by atoms with E-state index >= 15 is 0 Å². The Balaban J connectivity index is 1.56. The maximum atomic E-state index is 12.7. The lowest BCUT2D eigenvalue weighted by molar-refractivity contribution is -0.146. The minimum atomic E-state index is -0.482. The average molecular weight is 446 g/mol. The van der Waals surface area contributed by atoms with Crippen molar-refractivity contribution in [2.45, 2.75) is 105 Å². The van der Waals surface area contributed by atoms with Gasteiger partial charge in [0.2, 0.25) is 5.91 Å². The van der Waals surface area contributed by atoms with Crippen molar-refractivity contribution in [2.75, 3.05) is 0 Å². The largest absolute Gasteiger partial charge is 0.393 e. The van der Waals surface area contributed by atoms with E-state index in [4.69, 9.17) is 0 Å². The number of aliphatic hydroxyl groups excluding tert-OH is 1. The lowest BCUT2D eigenvalue weighted by atomic mass is 9.44. The van der Waals surface area contributed by atoms with Crippen LogP contribution < -0.4 is 5.48 Å². The van der Waals surface area contributed by atoms with Crippen LogP contribution in [0.2, 0.25) is 0 Å². The zero-order valence-corrected chi connectivity index (χ0v) is 21.1. The normalized spacial score (nSPS) is 44.3. The van der Waals surface area contributed by atoms with Gasteiger partial charge in [0.05, 0.1) is 12.0 Å². The van der Waals surface area contributed by atoms with Crippen molar-refractivity contribution in [2.24, 2.45) is 52.3 Å². The van der Waals surface area contributed by atoms with Gasteiger partial charge in [-0.25, -0.2) is 5.48 Å². The first-order valence-corrected chi connectivity index (χ1v) is 13.4. The van der Waals surface area contributed by atoms with Crippen LogP contribution in [-0.4, -0.2) is 22.3 Å². The van der Waals surface area contributed by atoms with Crippen LogP contribution in [0.4, 0.5) is 0 Å². The molecule has 1 unspecified atom stereocenters. The fourth-order valence-corrected chi connectivity index (χ4v) is 9.22. The Kier molecular flexibility index (Phi) is 6.87. The molecular formula is C28H47NO3. The van der Waals surface area contributed by atoms with Gasteiger partial charge in [-0.05, 0) is 85.9 Å². The van der Waals surface area contributed by atoms with Crippen LogP contribution in [0.15, 0.2) is 11.6 Å². The van der Waals surface area contributed by atoms with Gasteiger partial charge in [-0.2, -0.15) is 0 Å². The number of allylic oxidation sites excluding steroid dienone is 1. The Labute approximate surface area is 195 Å². The highest BCUT2D eigenvalue weighted by molar-refractivity contribution is 5.79. The number of hydroxylamine groups is 1. The van der Waals surface area contributed by atoms with Crippen molar-refractivity contribution in [1.82, 2.24) is 5.48 Å². The molecule has 0 radical (unpaired) electrons. The van der Waals surface area contributed by atoms with E-state index in [9.17, 15) is 15.1 Å². The van der Waals surface area contributed by atoms with Crippen LogP contribution in [0.25, 0.3) is 0 Å². The molecule has 1 amide bonds. The van der Waals surface area contributed by atoms with Crippen molar-refractivity contribution in [1.29, 1.82) is 0 Å². The zero-order valence-electron chi connectivity index (χ0n) is 21.1. The highest BCUT2D eigenvalue weighted by Crippen LogP contribution is 2.68. The van der Waals surface area contributed by atoms with E-state index in [0.29, 0.717) is 30.1 Å². The van der Waals surface area contributed by atoms with Crippen LogP contribution >= 0.6 is 0 Å². The molecule has 0 bridgehead atoms. The van der Waals surface area contributed by atoms with E-state index in [1.54, 1.807) is 0 Å². The molecule has 4 heteroatoms. The minimum absolute atomic E-state index is 0.239. The summed E-state index contributed by atoms with van der Waals surface area (Å²) in [7, 11) is 0. The number of amides is 1. The van der Waals surface area contributed by atoms with Gasteiger partial charge in [0.15, 0.2) is 0 Å². The summed E-state index contributed by atoms with van der Waals surface area (Å²) in [4.78, 5) is 12.7. The molecule has 0 aromatic rings. The standard InChI is InChI=1S/C28H47NO3/c1-17(2)7-6-8-18(3)22-11-12-23-21-10-9-19-15-20(30)16-25(26(31)29-32)28(19,5)24(21)13-14-27(22,23)4/h9,17-18,20-25,30,32H,6-8,10-16H2,1-5H3,(H,29,31)/t18-,20-,21+,22-,23+,24+,25?,27-,28-/m1/s1. The number of hydrogen-bond acceptors (Lipinski definition) is 3. The molecule has 0 spiro atoms. The molecule has 4 rings (SSSR count).